The zero-order chi connectivity index (χ0) is 15.7. The third-order valence-corrected chi connectivity index (χ3v) is 3.62. The second-order valence-electron chi connectivity index (χ2n) is 6.36. The Kier molecular flexibility index (Phi) is 8.36. The van der Waals surface area contributed by atoms with Crippen LogP contribution in [0.5, 0.6) is 0 Å². The van der Waals surface area contributed by atoms with Gasteiger partial charge in [0, 0.05) is 25.8 Å². The molecule has 1 N–H and O–H groups in total. The lowest BCUT2D eigenvalue weighted by atomic mass is 10.1. The molecule has 0 spiro atoms. The highest BCUT2D eigenvalue weighted by atomic mass is 15.2. The summed E-state index contributed by atoms with van der Waals surface area (Å²) in [6.07, 6.45) is 4.59. The van der Waals surface area contributed by atoms with Crippen LogP contribution in [-0.2, 0) is 13.0 Å². The number of aryl methyl sites for hydroxylation is 1. The van der Waals surface area contributed by atoms with Crippen LogP contribution in [0, 0.1) is 5.92 Å². The van der Waals surface area contributed by atoms with Gasteiger partial charge in [-0.05, 0) is 49.4 Å². The van der Waals surface area contributed by atoms with Gasteiger partial charge in [0.2, 0.25) is 0 Å². The van der Waals surface area contributed by atoms with E-state index in [0.717, 1.165) is 44.2 Å². The summed E-state index contributed by atoms with van der Waals surface area (Å²) >= 11 is 0. The average Bonchev–Trinajstić information content (AvgIpc) is 2.45. The van der Waals surface area contributed by atoms with Crippen LogP contribution in [0.25, 0.3) is 0 Å². The van der Waals surface area contributed by atoms with Gasteiger partial charge in [0.1, 0.15) is 5.82 Å². The van der Waals surface area contributed by atoms with E-state index in [1.807, 2.05) is 0 Å². The van der Waals surface area contributed by atoms with E-state index in [0.29, 0.717) is 0 Å². The smallest absolute Gasteiger partial charge is 0.128 e. The monoisotopic (exact) mass is 291 g/mol. The summed E-state index contributed by atoms with van der Waals surface area (Å²) in [5.74, 6) is 1.85. The molecule has 3 heteroatoms. The number of aromatic nitrogens is 1. The van der Waals surface area contributed by atoms with Crippen molar-refractivity contribution in [1.82, 2.24) is 10.3 Å². The molecule has 3 nitrogen and oxygen atoms in total. The molecule has 120 valence electrons. The number of hydrogen-bond donors (Lipinski definition) is 1. The molecule has 0 aromatic carbocycles. The van der Waals surface area contributed by atoms with Gasteiger partial charge >= 0.3 is 0 Å². The lowest BCUT2D eigenvalue weighted by molar-refractivity contribution is 0.583. The number of nitrogens with zero attached hydrogens (tertiary/aromatic N) is 2. The van der Waals surface area contributed by atoms with Crippen molar-refractivity contribution in [2.75, 3.05) is 25.0 Å². The van der Waals surface area contributed by atoms with Crippen molar-refractivity contribution >= 4 is 5.82 Å². The van der Waals surface area contributed by atoms with Gasteiger partial charge in [-0.25, -0.2) is 4.98 Å². The fourth-order valence-corrected chi connectivity index (χ4v) is 2.29. The minimum atomic E-state index is 0.733. The summed E-state index contributed by atoms with van der Waals surface area (Å²) in [6, 6.07) is 4.49. The van der Waals surface area contributed by atoms with E-state index in [9.17, 15) is 0 Å². The van der Waals surface area contributed by atoms with E-state index in [4.69, 9.17) is 4.98 Å². The Morgan fingerprint density at radius 1 is 1.19 bits per heavy atom. The zero-order valence-corrected chi connectivity index (χ0v) is 14.6. The number of hydrogen-bond acceptors (Lipinski definition) is 3. The van der Waals surface area contributed by atoms with Crippen LogP contribution < -0.4 is 10.2 Å². The van der Waals surface area contributed by atoms with Crippen molar-refractivity contribution in [2.45, 2.75) is 59.9 Å². The van der Waals surface area contributed by atoms with Crippen LogP contribution in [0.4, 0.5) is 5.82 Å². The minimum Gasteiger partial charge on any atom is -0.360 e. The van der Waals surface area contributed by atoms with Crippen LogP contribution in [0.3, 0.4) is 0 Å². The van der Waals surface area contributed by atoms with Crippen LogP contribution in [0.15, 0.2) is 12.1 Å². The van der Waals surface area contributed by atoms with E-state index in [1.165, 1.54) is 24.1 Å². The summed E-state index contributed by atoms with van der Waals surface area (Å²) in [4.78, 5) is 7.12. The fraction of sp³-hybridized carbons (Fsp3) is 0.722. The van der Waals surface area contributed by atoms with Crippen molar-refractivity contribution in [2.24, 2.45) is 5.92 Å². The molecular weight excluding hydrogens is 258 g/mol. The Balaban J connectivity index is 2.79. The molecule has 0 aliphatic carbocycles. The maximum Gasteiger partial charge on any atom is 0.128 e. The largest absolute Gasteiger partial charge is 0.360 e. The van der Waals surface area contributed by atoms with Gasteiger partial charge in [-0.1, -0.05) is 34.1 Å². The summed E-state index contributed by atoms with van der Waals surface area (Å²) in [5.41, 5.74) is 2.58. The van der Waals surface area contributed by atoms with Gasteiger partial charge in [-0.3, -0.25) is 0 Å². The highest BCUT2D eigenvalue weighted by Gasteiger charge is 2.08. The molecule has 0 aliphatic rings. The third kappa shape index (κ3) is 6.94. The standard InChI is InChI=1S/C18H33N3/c1-6-8-17-12-16(14-19-10-7-2)13-18(20-17)21(5)11-9-15(3)4/h12-13,15,19H,6-11,14H2,1-5H3. The molecule has 21 heavy (non-hydrogen) atoms. The lowest BCUT2D eigenvalue weighted by Gasteiger charge is -2.21. The highest BCUT2D eigenvalue weighted by Crippen LogP contribution is 2.16. The molecule has 0 atom stereocenters. The van der Waals surface area contributed by atoms with E-state index < -0.39 is 0 Å². The summed E-state index contributed by atoms with van der Waals surface area (Å²) in [7, 11) is 2.16. The van der Waals surface area contributed by atoms with Crippen LogP contribution in [0.1, 0.15) is 58.2 Å². The van der Waals surface area contributed by atoms with Crippen LogP contribution >= 0.6 is 0 Å². The Morgan fingerprint density at radius 2 is 1.95 bits per heavy atom. The average molecular weight is 291 g/mol. The fourth-order valence-electron chi connectivity index (χ4n) is 2.29. The van der Waals surface area contributed by atoms with Crippen molar-refractivity contribution in [3.05, 3.63) is 23.4 Å². The van der Waals surface area contributed by atoms with E-state index in [1.54, 1.807) is 0 Å². The summed E-state index contributed by atoms with van der Waals surface area (Å²) < 4.78 is 0. The Labute approximate surface area is 131 Å². The minimum absolute atomic E-state index is 0.733. The first-order valence-corrected chi connectivity index (χ1v) is 8.48. The van der Waals surface area contributed by atoms with Crippen molar-refractivity contribution in [3.63, 3.8) is 0 Å². The Hall–Kier alpha value is -1.09. The molecule has 0 radical (unpaired) electrons. The first-order valence-electron chi connectivity index (χ1n) is 8.48. The maximum atomic E-state index is 4.83. The first kappa shape index (κ1) is 18.0. The molecule has 0 saturated carbocycles. The molecule has 0 unspecified atom stereocenters. The maximum absolute atomic E-state index is 4.83. The second kappa shape index (κ2) is 9.78. The Morgan fingerprint density at radius 3 is 2.57 bits per heavy atom. The van der Waals surface area contributed by atoms with Gasteiger partial charge in [0.25, 0.3) is 0 Å². The molecule has 0 amide bonds. The van der Waals surface area contributed by atoms with Gasteiger partial charge in [-0.15, -0.1) is 0 Å². The van der Waals surface area contributed by atoms with E-state index in [-0.39, 0.29) is 0 Å². The molecule has 1 aromatic heterocycles. The second-order valence-corrected chi connectivity index (χ2v) is 6.36. The normalized spacial score (nSPS) is 11.1. The molecule has 1 rings (SSSR count). The lowest BCUT2D eigenvalue weighted by Crippen LogP contribution is -2.22. The predicted octanol–water partition coefficient (Wildman–Crippen LogP) is 4.02. The van der Waals surface area contributed by atoms with Gasteiger partial charge in [0.15, 0.2) is 0 Å². The van der Waals surface area contributed by atoms with Crippen molar-refractivity contribution in [1.29, 1.82) is 0 Å². The zero-order valence-electron chi connectivity index (χ0n) is 14.6. The van der Waals surface area contributed by atoms with Crippen molar-refractivity contribution < 1.29 is 0 Å². The first-order chi connectivity index (χ1) is 10.1. The summed E-state index contributed by atoms with van der Waals surface area (Å²) in [6.45, 7) is 12.0. The molecule has 0 bridgehead atoms. The Bertz CT molecular complexity index is 401. The molecule has 0 fully saturated rings. The van der Waals surface area contributed by atoms with E-state index in [2.05, 4.69) is 57.1 Å². The SMILES string of the molecule is CCCNCc1cc(CCC)nc(N(C)CCC(C)C)c1. The van der Waals surface area contributed by atoms with Gasteiger partial charge in [0.05, 0.1) is 0 Å². The van der Waals surface area contributed by atoms with Crippen molar-refractivity contribution in [3.8, 4) is 0 Å². The molecule has 0 aliphatic heterocycles. The topological polar surface area (TPSA) is 28.2 Å². The van der Waals surface area contributed by atoms with Gasteiger partial charge < -0.3 is 10.2 Å². The molecule has 1 aromatic rings. The highest BCUT2D eigenvalue weighted by molar-refractivity contribution is 5.42. The number of anilines is 1. The third-order valence-electron chi connectivity index (χ3n) is 3.62. The molecular formula is C18H33N3. The summed E-state index contributed by atoms with van der Waals surface area (Å²) in [5, 5.41) is 3.49. The number of rotatable bonds is 10. The number of nitrogens with one attached hydrogen (secondary N) is 1. The van der Waals surface area contributed by atoms with Gasteiger partial charge in [-0.2, -0.15) is 0 Å². The van der Waals surface area contributed by atoms with Crippen LogP contribution in [-0.4, -0.2) is 25.1 Å². The van der Waals surface area contributed by atoms with E-state index >= 15 is 0 Å². The quantitative estimate of drug-likeness (QED) is 0.660. The van der Waals surface area contributed by atoms with Crippen LogP contribution in [0.2, 0.25) is 0 Å². The predicted molar refractivity (Wildman–Crippen MR) is 93.0 cm³/mol. The number of pyridine rings is 1. The molecule has 0 saturated heterocycles. The molecule has 1 heterocycles.